The summed E-state index contributed by atoms with van der Waals surface area (Å²) in [5, 5.41) is 39.2. The lowest BCUT2D eigenvalue weighted by Crippen LogP contribution is -2.06. The fraction of sp³-hybridized carbons (Fsp3) is 0.263. The van der Waals surface area contributed by atoms with Gasteiger partial charge in [0.25, 0.3) is 0 Å². The summed E-state index contributed by atoms with van der Waals surface area (Å²) in [5.41, 5.74) is 2.34. The minimum atomic E-state index is -0.182. The van der Waals surface area contributed by atoms with Gasteiger partial charge < -0.3 is 20.4 Å². The van der Waals surface area contributed by atoms with Crippen LogP contribution in [0.25, 0.3) is 0 Å². The van der Waals surface area contributed by atoms with Crippen molar-refractivity contribution in [3.8, 4) is 23.0 Å². The predicted molar refractivity (Wildman–Crippen MR) is 98.3 cm³/mol. The fourth-order valence-corrected chi connectivity index (χ4v) is 2.69. The van der Waals surface area contributed by atoms with E-state index in [2.05, 4.69) is 9.98 Å². The molecule has 132 valence electrons. The highest BCUT2D eigenvalue weighted by atomic mass is 16.3. The molecular weight excluding hydrogens is 320 g/mol. The smallest absolute Gasteiger partial charge is 0.166 e. The number of rotatable bonds is 6. The van der Waals surface area contributed by atoms with Crippen LogP contribution in [0.4, 0.5) is 0 Å². The number of para-hydroxylation sites is 2. The largest absolute Gasteiger partial charge is 0.504 e. The van der Waals surface area contributed by atoms with Crippen molar-refractivity contribution in [3.63, 3.8) is 0 Å². The van der Waals surface area contributed by atoms with Crippen molar-refractivity contribution in [2.45, 2.75) is 19.3 Å². The predicted octanol–water partition coefficient (Wildman–Crippen LogP) is 3.22. The molecule has 0 aliphatic rings. The Bertz CT molecular complexity index is 746. The second-order valence-electron chi connectivity index (χ2n) is 5.54. The molecule has 0 amide bonds. The van der Waals surface area contributed by atoms with Gasteiger partial charge in [-0.2, -0.15) is 0 Å². The molecule has 0 heterocycles. The third-order valence-electron chi connectivity index (χ3n) is 4.02. The lowest BCUT2D eigenvalue weighted by molar-refractivity contribution is 0.403. The van der Waals surface area contributed by atoms with E-state index in [0.29, 0.717) is 41.8 Å². The Morgan fingerprint density at radius 3 is 1.48 bits per heavy atom. The van der Waals surface area contributed by atoms with Crippen LogP contribution in [0.15, 0.2) is 46.4 Å². The van der Waals surface area contributed by atoms with Crippen LogP contribution in [0, 0.1) is 0 Å². The summed E-state index contributed by atoms with van der Waals surface area (Å²) in [4.78, 5) is 8.41. The van der Waals surface area contributed by atoms with E-state index >= 15 is 0 Å². The van der Waals surface area contributed by atoms with Crippen LogP contribution in [0.1, 0.15) is 30.4 Å². The summed E-state index contributed by atoms with van der Waals surface area (Å²) in [6.07, 6.45) is 1.79. The standard InChI is InChI=1S/C19H22N2O4/c1-20-14(12-6-3-10-16(22)18(12)24)8-5-9-15(21-2)13-7-4-11-17(23)19(13)25/h3-4,6-7,10-11,22-25H,5,8-9H2,1-2H3/b20-14+,21-15+. The first kappa shape index (κ1) is 18.3. The molecule has 0 aromatic heterocycles. The normalized spacial score (nSPS) is 12.4. The molecule has 0 radical (unpaired) electrons. The number of aromatic hydroxyl groups is 4. The van der Waals surface area contributed by atoms with Crippen LogP contribution in [0.2, 0.25) is 0 Å². The quantitative estimate of drug-likeness (QED) is 0.478. The molecule has 0 aliphatic carbocycles. The number of phenols is 4. The molecule has 6 heteroatoms. The topological polar surface area (TPSA) is 106 Å². The molecule has 0 bridgehead atoms. The van der Waals surface area contributed by atoms with E-state index in [1.165, 1.54) is 12.1 Å². The van der Waals surface area contributed by atoms with Crippen molar-refractivity contribution in [3.05, 3.63) is 47.5 Å². The Hall–Kier alpha value is -3.02. The summed E-state index contributed by atoms with van der Waals surface area (Å²) in [7, 11) is 3.27. The van der Waals surface area contributed by atoms with Crippen LogP contribution < -0.4 is 0 Å². The number of nitrogens with zero attached hydrogens (tertiary/aromatic N) is 2. The molecule has 2 aromatic rings. The maximum Gasteiger partial charge on any atom is 0.166 e. The first-order valence-corrected chi connectivity index (χ1v) is 7.93. The van der Waals surface area contributed by atoms with Crippen molar-refractivity contribution >= 4 is 11.4 Å². The van der Waals surface area contributed by atoms with Gasteiger partial charge in [0.1, 0.15) is 0 Å². The lowest BCUT2D eigenvalue weighted by atomic mass is 9.99. The summed E-state index contributed by atoms with van der Waals surface area (Å²) < 4.78 is 0. The Labute approximate surface area is 146 Å². The minimum Gasteiger partial charge on any atom is -0.504 e. The van der Waals surface area contributed by atoms with Crippen LogP contribution in [0.3, 0.4) is 0 Å². The highest BCUT2D eigenvalue weighted by molar-refractivity contribution is 6.05. The molecule has 0 aliphatic heterocycles. The Morgan fingerprint density at radius 2 is 1.12 bits per heavy atom. The van der Waals surface area contributed by atoms with Crippen LogP contribution in [-0.2, 0) is 0 Å². The summed E-state index contributed by atoms with van der Waals surface area (Å²) in [6.45, 7) is 0. The molecule has 4 N–H and O–H groups in total. The highest BCUT2D eigenvalue weighted by Crippen LogP contribution is 2.31. The Morgan fingerprint density at radius 1 is 0.720 bits per heavy atom. The van der Waals surface area contributed by atoms with Gasteiger partial charge in [-0.15, -0.1) is 0 Å². The maximum absolute atomic E-state index is 9.98. The molecule has 6 nitrogen and oxygen atoms in total. The average molecular weight is 342 g/mol. The van der Waals surface area contributed by atoms with Gasteiger partial charge >= 0.3 is 0 Å². The summed E-state index contributed by atoms with van der Waals surface area (Å²) in [5.74, 6) is -0.727. The average Bonchev–Trinajstić information content (AvgIpc) is 2.61. The van der Waals surface area contributed by atoms with Gasteiger partial charge in [-0.1, -0.05) is 12.1 Å². The van der Waals surface area contributed by atoms with Gasteiger partial charge in [-0.05, 0) is 43.5 Å². The van der Waals surface area contributed by atoms with Gasteiger partial charge in [0.05, 0.1) is 0 Å². The number of hydrogen-bond donors (Lipinski definition) is 4. The summed E-state index contributed by atoms with van der Waals surface area (Å²) in [6, 6.07) is 9.54. The van der Waals surface area contributed by atoms with E-state index in [1.54, 1.807) is 38.4 Å². The first-order valence-electron chi connectivity index (χ1n) is 7.93. The first-order chi connectivity index (χ1) is 12.0. The second kappa shape index (κ2) is 8.19. The summed E-state index contributed by atoms with van der Waals surface area (Å²) >= 11 is 0. The van der Waals surface area contributed by atoms with E-state index in [0.717, 1.165) is 0 Å². The molecule has 0 atom stereocenters. The molecule has 0 unspecified atom stereocenters. The molecule has 2 aromatic carbocycles. The van der Waals surface area contributed by atoms with Crippen molar-refractivity contribution in [1.29, 1.82) is 0 Å². The zero-order valence-electron chi connectivity index (χ0n) is 14.3. The minimum absolute atomic E-state index is 0.181. The molecular formula is C19H22N2O4. The van der Waals surface area contributed by atoms with Crippen molar-refractivity contribution < 1.29 is 20.4 Å². The van der Waals surface area contributed by atoms with Crippen LogP contribution in [0.5, 0.6) is 23.0 Å². The Balaban J connectivity index is 2.10. The Kier molecular flexibility index (Phi) is 6.00. The van der Waals surface area contributed by atoms with Gasteiger partial charge in [0, 0.05) is 36.6 Å². The van der Waals surface area contributed by atoms with E-state index < -0.39 is 0 Å². The van der Waals surface area contributed by atoms with E-state index in [4.69, 9.17) is 0 Å². The SMILES string of the molecule is C/N=C(\CCC/C(=N\C)c1cccc(O)c1O)c1cccc(O)c1O. The number of phenolic OH excluding ortho intramolecular Hbond substituents is 4. The zero-order valence-corrected chi connectivity index (χ0v) is 14.3. The van der Waals surface area contributed by atoms with Crippen molar-refractivity contribution in [2.75, 3.05) is 14.1 Å². The number of hydrogen-bond acceptors (Lipinski definition) is 6. The molecule has 0 fully saturated rings. The molecule has 0 saturated heterocycles. The van der Waals surface area contributed by atoms with Crippen molar-refractivity contribution in [1.82, 2.24) is 0 Å². The van der Waals surface area contributed by atoms with E-state index in [1.807, 2.05) is 0 Å². The van der Waals surface area contributed by atoms with Gasteiger partial charge in [0.2, 0.25) is 0 Å². The van der Waals surface area contributed by atoms with Gasteiger partial charge in [-0.3, -0.25) is 9.98 Å². The maximum atomic E-state index is 9.98. The van der Waals surface area contributed by atoms with E-state index in [9.17, 15) is 20.4 Å². The van der Waals surface area contributed by atoms with Crippen molar-refractivity contribution in [2.24, 2.45) is 9.98 Å². The zero-order chi connectivity index (χ0) is 18.4. The molecule has 0 spiro atoms. The molecule has 0 saturated carbocycles. The van der Waals surface area contributed by atoms with Crippen LogP contribution >= 0.6 is 0 Å². The third kappa shape index (κ3) is 4.09. The third-order valence-corrected chi connectivity index (χ3v) is 4.02. The molecule has 25 heavy (non-hydrogen) atoms. The van der Waals surface area contributed by atoms with Gasteiger partial charge in [-0.25, -0.2) is 0 Å². The number of benzene rings is 2. The highest BCUT2D eigenvalue weighted by Gasteiger charge is 2.14. The number of aliphatic imine (C=N–C) groups is 2. The van der Waals surface area contributed by atoms with E-state index in [-0.39, 0.29) is 23.0 Å². The van der Waals surface area contributed by atoms with Crippen LogP contribution in [-0.4, -0.2) is 45.9 Å². The fourth-order valence-electron chi connectivity index (χ4n) is 2.69. The monoisotopic (exact) mass is 342 g/mol. The molecule has 2 rings (SSSR count). The van der Waals surface area contributed by atoms with Gasteiger partial charge in [0.15, 0.2) is 23.0 Å². The lowest BCUT2D eigenvalue weighted by Gasteiger charge is -2.11. The second-order valence-corrected chi connectivity index (χ2v) is 5.54.